The molecule has 2 aromatic carbocycles. The molecule has 0 fully saturated rings. The van der Waals surface area contributed by atoms with Crippen LogP contribution in [0.15, 0.2) is 64.8 Å². The normalized spacial score (nSPS) is 11.9. The maximum Gasteiger partial charge on any atom is 0.322 e. The number of ether oxygens (including phenoxy) is 1. The highest BCUT2D eigenvalue weighted by atomic mass is 16.5. The molecule has 0 atom stereocenters. The van der Waals surface area contributed by atoms with Crippen LogP contribution >= 0.6 is 0 Å². The summed E-state index contributed by atoms with van der Waals surface area (Å²) in [6.45, 7) is 2.89. The molecule has 8 heteroatoms. The number of aromatic amines is 1. The number of methoxy groups -OCH3 is 1. The fourth-order valence-electron chi connectivity index (χ4n) is 3.65. The molecular weight excluding hydrogens is 392 g/mol. The molecule has 3 aromatic heterocycles. The largest absolute Gasteiger partial charge is 0.381 e. The van der Waals surface area contributed by atoms with Gasteiger partial charge < -0.3 is 4.74 Å². The number of hydrogen-bond donors (Lipinski definition) is 0. The van der Waals surface area contributed by atoms with Crippen molar-refractivity contribution in [1.82, 2.24) is 19.2 Å². The lowest BCUT2D eigenvalue weighted by atomic mass is 10.2. The van der Waals surface area contributed by atoms with Gasteiger partial charge in [0, 0.05) is 7.11 Å². The molecule has 154 valence electrons. The molecule has 0 aliphatic heterocycles. The van der Waals surface area contributed by atoms with Gasteiger partial charge in [-0.1, -0.05) is 42.0 Å². The number of nitrogens with one attached hydrogen (secondary N) is 1. The first kappa shape index (κ1) is 19.1. The van der Waals surface area contributed by atoms with Gasteiger partial charge in [0.2, 0.25) is 5.65 Å². The summed E-state index contributed by atoms with van der Waals surface area (Å²) in [5.41, 5.74) is 4.99. The van der Waals surface area contributed by atoms with Gasteiger partial charge in [-0.3, -0.25) is 0 Å². The second-order valence-corrected chi connectivity index (χ2v) is 7.34. The van der Waals surface area contributed by atoms with Crippen LogP contribution in [0.4, 0.5) is 0 Å². The van der Waals surface area contributed by atoms with Crippen LogP contribution in [0, 0.1) is 6.92 Å². The number of rotatable bonds is 5. The Morgan fingerprint density at radius 2 is 1.94 bits per heavy atom. The molecule has 0 aliphatic rings. The Bertz CT molecular complexity index is 1520. The number of H-pyrrole nitrogens is 1. The van der Waals surface area contributed by atoms with Gasteiger partial charge in [-0.25, -0.2) is 24.3 Å². The van der Waals surface area contributed by atoms with Crippen molar-refractivity contribution in [2.24, 2.45) is 5.10 Å². The van der Waals surface area contributed by atoms with E-state index in [-0.39, 0.29) is 5.56 Å². The van der Waals surface area contributed by atoms with E-state index in [2.05, 4.69) is 10.1 Å². The van der Waals surface area contributed by atoms with E-state index < -0.39 is 0 Å². The Morgan fingerprint density at radius 3 is 2.71 bits per heavy atom. The zero-order valence-corrected chi connectivity index (χ0v) is 17.2. The number of benzene rings is 2. The Labute approximate surface area is 177 Å². The van der Waals surface area contributed by atoms with Crippen molar-refractivity contribution in [3.8, 4) is 0 Å². The van der Waals surface area contributed by atoms with E-state index in [4.69, 9.17) is 14.7 Å². The van der Waals surface area contributed by atoms with Gasteiger partial charge in [0.1, 0.15) is 5.52 Å². The van der Waals surface area contributed by atoms with Gasteiger partial charge in [0.15, 0.2) is 11.7 Å². The molecule has 0 bridgehead atoms. The van der Waals surface area contributed by atoms with Crippen molar-refractivity contribution < 1.29 is 9.72 Å². The maximum absolute atomic E-state index is 13.3. The van der Waals surface area contributed by atoms with Crippen LogP contribution in [0.3, 0.4) is 0 Å². The fourth-order valence-corrected chi connectivity index (χ4v) is 3.65. The third-order valence-electron chi connectivity index (χ3n) is 5.17. The van der Waals surface area contributed by atoms with E-state index in [0.717, 1.165) is 22.2 Å². The second kappa shape index (κ2) is 7.73. The minimum atomic E-state index is -0.162. The monoisotopic (exact) mass is 413 g/mol. The topological polar surface area (TPSA) is 88.4 Å². The number of nitrogens with zero attached hydrogens (tertiary/aromatic N) is 5. The first-order valence-electron chi connectivity index (χ1n) is 9.97. The van der Waals surface area contributed by atoms with E-state index in [1.165, 1.54) is 0 Å². The summed E-state index contributed by atoms with van der Waals surface area (Å²) in [6, 6.07) is 15.6. The molecule has 0 unspecified atom stereocenters. The quantitative estimate of drug-likeness (QED) is 0.414. The summed E-state index contributed by atoms with van der Waals surface area (Å²) in [6.07, 6.45) is 3.40. The Morgan fingerprint density at radius 1 is 1.13 bits per heavy atom. The molecule has 0 aliphatic carbocycles. The standard InChI is InChI=1S/C23H20N6O2/c1-15-6-5-7-16(12-15)13-25-29-21-19(23(30)28(14-24-21)10-11-31-2)20-22(29)27-18-9-4-3-8-17(18)26-20/h3-9,12-14H,10-11H2,1-2H3/p+1/b25-13+. The van der Waals surface area contributed by atoms with Crippen LogP contribution in [0.5, 0.6) is 0 Å². The van der Waals surface area contributed by atoms with Crippen LogP contribution in [0.25, 0.3) is 33.2 Å². The lowest BCUT2D eigenvalue weighted by molar-refractivity contribution is -0.357. The van der Waals surface area contributed by atoms with Crippen LogP contribution < -0.4 is 10.5 Å². The lowest BCUT2D eigenvalue weighted by Gasteiger charge is -1.99. The Kier molecular flexibility index (Phi) is 4.76. The molecule has 0 radical (unpaired) electrons. The zero-order chi connectivity index (χ0) is 21.4. The van der Waals surface area contributed by atoms with E-state index in [1.54, 1.807) is 28.9 Å². The van der Waals surface area contributed by atoms with Gasteiger partial charge in [-0.15, -0.1) is 9.78 Å². The number of aromatic nitrogens is 5. The number of hydrogen-bond acceptors (Lipinski definition) is 5. The van der Waals surface area contributed by atoms with E-state index in [0.29, 0.717) is 35.3 Å². The molecule has 8 nitrogen and oxygen atoms in total. The fraction of sp³-hybridized carbons (Fsp3) is 0.174. The highest BCUT2D eigenvalue weighted by molar-refractivity contribution is 6.03. The average Bonchev–Trinajstić information content (AvgIpc) is 3.09. The summed E-state index contributed by atoms with van der Waals surface area (Å²) < 4.78 is 8.36. The first-order chi connectivity index (χ1) is 15.2. The van der Waals surface area contributed by atoms with Crippen molar-refractivity contribution >= 4 is 39.4 Å². The predicted molar refractivity (Wildman–Crippen MR) is 119 cm³/mol. The first-order valence-corrected chi connectivity index (χ1v) is 9.97. The minimum Gasteiger partial charge on any atom is -0.381 e. The highest BCUT2D eigenvalue weighted by Gasteiger charge is 2.24. The molecule has 0 saturated carbocycles. The van der Waals surface area contributed by atoms with E-state index >= 15 is 0 Å². The summed E-state index contributed by atoms with van der Waals surface area (Å²) in [5, 5.41) is 5.11. The van der Waals surface area contributed by atoms with Gasteiger partial charge in [0.25, 0.3) is 5.65 Å². The lowest BCUT2D eigenvalue weighted by Crippen LogP contribution is -2.28. The third-order valence-corrected chi connectivity index (χ3v) is 5.17. The SMILES string of the molecule is COCCn1c[nH+]c2c(c1=O)c1nc3ccccc3nc1n2/N=C/c1cccc(C)c1. The van der Waals surface area contributed by atoms with Crippen LogP contribution in [-0.2, 0) is 11.3 Å². The van der Waals surface area contributed by atoms with Gasteiger partial charge >= 0.3 is 5.56 Å². The molecule has 3 heterocycles. The zero-order valence-electron chi connectivity index (χ0n) is 17.2. The number of aryl methyl sites for hydroxylation is 1. The number of para-hydroxylation sites is 2. The summed E-state index contributed by atoms with van der Waals surface area (Å²) >= 11 is 0. The smallest absolute Gasteiger partial charge is 0.322 e. The molecule has 0 amide bonds. The molecule has 5 rings (SSSR count). The van der Waals surface area contributed by atoms with Crippen molar-refractivity contribution in [1.29, 1.82) is 0 Å². The molecule has 31 heavy (non-hydrogen) atoms. The predicted octanol–water partition coefficient (Wildman–Crippen LogP) is 2.55. The maximum atomic E-state index is 13.3. The van der Waals surface area contributed by atoms with Crippen LogP contribution in [0.1, 0.15) is 11.1 Å². The van der Waals surface area contributed by atoms with E-state index in [1.807, 2.05) is 55.5 Å². The van der Waals surface area contributed by atoms with Crippen molar-refractivity contribution in [3.05, 3.63) is 76.3 Å². The molecule has 1 N–H and O–H groups in total. The highest BCUT2D eigenvalue weighted by Crippen LogP contribution is 2.23. The molecule has 5 aromatic rings. The van der Waals surface area contributed by atoms with Crippen LogP contribution in [-0.4, -0.2) is 39.1 Å². The Hall–Kier alpha value is -3.91. The molecule has 0 spiro atoms. The van der Waals surface area contributed by atoms with Crippen molar-refractivity contribution in [2.75, 3.05) is 13.7 Å². The van der Waals surface area contributed by atoms with Gasteiger partial charge in [-0.2, -0.15) is 0 Å². The van der Waals surface area contributed by atoms with Gasteiger partial charge in [-0.05, 0) is 24.6 Å². The average molecular weight is 413 g/mol. The Balaban J connectivity index is 1.80. The van der Waals surface area contributed by atoms with Crippen molar-refractivity contribution in [3.63, 3.8) is 0 Å². The van der Waals surface area contributed by atoms with Crippen LogP contribution in [0.2, 0.25) is 0 Å². The molecular formula is C23H21N6O2+. The third kappa shape index (κ3) is 3.36. The van der Waals surface area contributed by atoms with Crippen molar-refractivity contribution in [2.45, 2.75) is 13.5 Å². The van der Waals surface area contributed by atoms with Gasteiger partial charge in [0.05, 0.1) is 30.4 Å². The number of fused-ring (bicyclic) bond motifs is 4. The summed E-state index contributed by atoms with van der Waals surface area (Å²) in [4.78, 5) is 26.0. The molecule has 0 saturated heterocycles. The second-order valence-electron chi connectivity index (χ2n) is 7.34. The summed E-state index contributed by atoms with van der Waals surface area (Å²) in [7, 11) is 1.61. The minimum absolute atomic E-state index is 0.162. The van der Waals surface area contributed by atoms with E-state index in [9.17, 15) is 4.79 Å². The summed E-state index contributed by atoms with van der Waals surface area (Å²) in [5.74, 6) is 0.